The lowest BCUT2D eigenvalue weighted by molar-refractivity contribution is 0.236. The molecule has 0 spiro atoms. The van der Waals surface area contributed by atoms with Crippen LogP contribution in [0.5, 0.6) is 0 Å². The Morgan fingerprint density at radius 1 is 1.14 bits per heavy atom. The van der Waals surface area contributed by atoms with Gasteiger partial charge in [-0.05, 0) is 0 Å². The van der Waals surface area contributed by atoms with Crippen molar-refractivity contribution in [2.75, 3.05) is 0 Å². The van der Waals surface area contributed by atoms with Gasteiger partial charge in [0.2, 0.25) is 6.08 Å². The number of primary amides is 2. The molecular formula is C5H6N6O3. The third-order valence-electron chi connectivity index (χ3n) is 0.296. The van der Waals surface area contributed by atoms with E-state index in [9.17, 15) is 9.59 Å². The Balaban J connectivity index is -0.000000147. The molecule has 0 bridgehead atoms. The fourth-order valence-electron chi connectivity index (χ4n) is 0.121. The fraction of sp³-hybridized carbons (Fsp3) is 0. The number of nitrogens with zero attached hydrogens (tertiary/aromatic N) is 2. The summed E-state index contributed by atoms with van der Waals surface area (Å²) in [6.45, 7) is 0. The first-order valence-corrected chi connectivity index (χ1v) is 2.64. The Bertz CT molecular complexity index is 268. The Morgan fingerprint density at radius 3 is 1.36 bits per heavy atom. The van der Waals surface area contributed by atoms with Crippen molar-refractivity contribution in [3.05, 3.63) is 0 Å². The lowest BCUT2D eigenvalue weighted by atomic mass is 10.9. The average Bonchev–Trinajstić information content (AvgIpc) is 2.04. The van der Waals surface area contributed by atoms with Gasteiger partial charge in [0.15, 0.2) is 12.1 Å². The summed E-state index contributed by atoms with van der Waals surface area (Å²) >= 11 is 0. The van der Waals surface area contributed by atoms with Gasteiger partial charge in [0.25, 0.3) is 0 Å². The predicted molar refractivity (Wildman–Crippen MR) is 41.9 cm³/mol. The SMILES string of the molecule is N#CC#N.N=C=O.NC(=O)NC(N)=O. The molecule has 0 aromatic heterocycles. The van der Waals surface area contributed by atoms with Gasteiger partial charge in [-0.3, -0.25) is 5.32 Å². The van der Waals surface area contributed by atoms with Gasteiger partial charge in [-0.1, -0.05) is 0 Å². The molecular weight excluding hydrogens is 192 g/mol. The number of urea groups is 2. The van der Waals surface area contributed by atoms with E-state index in [1.165, 1.54) is 12.1 Å². The molecule has 9 heteroatoms. The summed E-state index contributed by atoms with van der Waals surface area (Å²) in [6, 6.07) is 0.597. The maximum absolute atomic E-state index is 9.62. The Labute approximate surface area is 78.4 Å². The standard InChI is InChI=1S/C2H5N3O2.C2N2.CHNO/c3-1(6)5-2(4)7;3-1-2-4;2-1-3/h(H5,3,4,5,6,7);;2H. The van der Waals surface area contributed by atoms with Crippen LogP contribution in [0.15, 0.2) is 0 Å². The molecule has 0 heterocycles. The van der Waals surface area contributed by atoms with E-state index in [1.54, 1.807) is 5.32 Å². The van der Waals surface area contributed by atoms with Crippen molar-refractivity contribution >= 4 is 18.1 Å². The van der Waals surface area contributed by atoms with Crippen LogP contribution in [-0.2, 0) is 4.79 Å². The molecule has 74 valence electrons. The smallest absolute Gasteiger partial charge is 0.320 e. The zero-order valence-corrected chi connectivity index (χ0v) is 6.77. The Morgan fingerprint density at radius 2 is 1.36 bits per heavy atom. The highest BCUT2D eigenvalue weighted by Gasteiger charge is 1.92. The van der Waals surface area contributed by atoms with Crippen LogP contribution in [-0.4, -0.2) is 18.1 Å². The number of amides is 4. The summed E-state index contributed by atoms with van der Waals surface area (Å²) in [5.74, 6) is 0. The van der Waals surface area contributed by atoms with Crippen molar-refractivity contribution in [1.82, 2.24) is 5.32 Å². The third-order valence-corrected chi connectivity index (χ3v) is 0.296. The molecule has 0 radical (unpaired) electrons. The number of carbonyl (C=O) groups is 2. The van der Waals surface area contributed by atoms with Crippen LogP contribution in [0.1, 0.15) is 0 Å². The molecule has 0 aromatic carbocycles. The van der Waals surface area contributed by atoms with E-state index in [0.717, 1.165) is 6.08 Å². The average molecular weight is 198 g/mol. The van der Waals surface area contributed by atoms with E-state index in [4.69, 9.17) is 20.7 Å². The molecule has 0 unspecified atom stereocenters. The number of carbonyl (C=O) groups excluding carboxylic acids is 3. The van der Waals surface area contributed by atoms with Gasteiger partial charge in [-0.25, -0.2) is 19.8 Å². The summed E-state index contributed by atoms with van der Waals surface area (Å²) < 4.78 is 0. The van der Waals surface area contributed by atoms with Crippen LogP contribution in [0.4, 0.5) is 9.59 Å². The van der Waals surface area contributed by atoms with Crippen molar-refractivity contribution in [3.8, 4) is 12.1 Å². The quantitative estimate of drug-likeness (QED) is 0.276. The number of isocyanates is 1. The van der Waals surface area contributed by atoms with Crippen molar-refractivity contribution < 1.29 is 14.4 Å². The monoisotopic (exact) mass is 198 g/mol. The van der Waals surface area contributed by atoms with Gasteiger partial charge in [-0.15, -0.1) is 0 Å². The molecule has 0 atom stereocenters. The molecule has 0 aliphatic heterocycles. The molecule has 6 N–H and O–H groups in total. The predicted octanol–water partition coefficient (Wildman–Crippen LogP) is -1.33. The van der Waals surface area contributed by atoms with Crippen LogP contribution < -0.4 is 16.8 Å². The van der Waals surface area contributed by atoms with Crippen LogP contribution in [0.3, 0.4) is 0 Å². The first-order valence-electron chi connectivity index (χ1n) is 2.64. The summed E-state index contributed by atoms with van der Waals surface area (Å²) in [4.78, 5) is 27.6. The maximum atomic E-state index is 9.62. The highest BCUT2D eigenvalue weighted by molar-refractivity contribution is 5.91. The van der Waals surface area contributed by atoms with Crippen LogP contribution in [0.2, 0.25) is 0 Å². The number of nitrogens with one attached hydrogen (secondary N) is 2. The highest BCUT2D eigenvalue weighted by Crippen LogP contribution is 1.51. The third kappa shape index (κ3) is 135. The number of rotatable bonds is 0. The molecule has 0 rings (SSSR count). The van der Waals surface area contributed by atoms with Gasteiger partial charge in [-0.2, -0.15) is 10.5 Å². The van der Waals surface area contributed by atoms with Gasteiger partial charge in [0, 0.05) is 0 Å². The molecule has 9 nitrogen and oxygen atoms in total. The normalized spacial score (nSPS) is 5.00. The minimum atomic E-state index is -0.938. The van der Waals surface area contributed by atoms with E-state index in [2.05, 4.69) is 11.5 Å². The first kappa shape index (κ1) is 17.3. The molecule has 0 aliphatic rings. The van der Waals surface area contributed by atoms with Crippen molar-refractivity contribution in [1.29, 1.82) is 15.9 Å². The lowest BCUT2D eigenvalue weighted by Gasteiger charge is -1.88. The van der Waals surface area contributed by atoms with E-state index in [0.29, 0.717) is 0 Å². The molecule has 4 amide bonds. The number of nitrogens with two attached hydrogens (primary N) is 2. The first-order chi connectivity index (χ1) is 6.45. The second-order valence-corrected chi connectivity index (χ2v) is 1.18. The maximum Gasteiger partial charge on any atom is 0.320 e. The molecule has 14 heavy (non-hydrogen) atoms. The molecule has 0 saturated carbocycles. The van der Waals surface area contributed by atoms with Gasteiger partial charge in [0.1, 0.15) is 0 Å². The molecule has 0 saturated heterocycles. The highest BCUT2D eigenvalue weighted by atomic mass is 16.2. The second-order valence-electron chi connectivity index (χ2n) is 1.18. The zero-order valence-electron chi connectivity index (χ0n) is 6.77. The van der Waals surface area contributed by atoms with Crippen LogP contribution in [0, 0.1) is 28.1 Å². The summed E-state index contributed by atoms with van der Waals surface area (Å²) in [6.07, 6.45) is 0.750. The number of hydrogen-bond donors (Lipinski definition) is 4. The molecule has 0 aromatic rings. The minimum Gasteiger partial charge on any atom is -0.351 e. The largest absolute Gasteiger partial charge is 0.351 e. The van der Waals surface area contributed by atoms with E-state index in [-0.39, 0.29) is 0 Å². The van der Waals surface area contributed by atoms with E-state index in [1.807, 2.05) is 0 Å². The number of nitriles is 2. The van der Waals surface area contributed by atoms with E-state index >= 15 is 0 Å². The Kier molecular flexibility index (Phi) is 20.5. The van der Waals surface area contributed by atoms with Gasteiger partial charge >= 0.3 is 12.1 Å². The molecule has 0 aliphatic carbocycles. The van der Waals surface area contributed by atoms with Crippen molar-refractivity contribution in [2.24, 2.45) is 11.5 Å². The zero-order chi connectivity index (χ0) is 12.0. The summed E-state index contributed by atoms with van der Waals surface area (Å²) in [5, 5.41) is 21.5. The lowest BCUT2D eigenvalue weighted by Crippen LogP contribution is -2.38. The Hall–Kier alpha value is -2.90. The van der Waals surface area contributed by atoms with Crippen LogP contribution in [0.25, 0.3) is 0 Å². The second kappa shape index (κ2) is 16.6. The van der Waals surface area contributed by atoms with Gasteiger partial charge in [0.05, 0.1) is 0 Å². The van der Waals surface area contributed by atoms with Gasteiger partial charge < -0.3 is 11.5 Å². The summed E-state index contributed by atoms with van der Waals surface area (Å²) in [7, 11) is 0. The van der Waals surface area contributed by atoms with Crippen molar-refractivity contribution in [2.45, 2.75) is 0 Å². The topological polar surface area (TPSA) is 187 Å². The minimum absolute atomic E-state index is 0.750. The van der Waals surface area contributed by atoms with Crippen LogP contribution >= 0.6 is 0 Å². The summed E-state index contributed by atoms with van der Waals surface area (Å²) in [5.41, 5.74) is 8.88. The van der Waals surface area contributed by atoms with Crippen molar-refractivity contribution in [3.63, 3.8) is 0 Å². The molecule has 0 fully saturated rings. The fourth-order valence-corrected chi connectivity index (χ4v) is 0.121. The number of hydrogen-bond acceptors (Lipinski definition) is 6. The van der Waals surface area contributed by atoms with E-state index < -0.39 is 12.1 Å². The number of imide groups is 1.